The minimum absolute atomic E-state index is 0.547. The Labute approximate surface area is 113 Å². The molecule has 2 aliphatic rings. The maximum atomic E-state index is 6.07. The average Bonchev–Trinajstić information content (AvgIpc) is 2.88. The van der Waals surface area contributed by atoms with Crippen molar-refractivity contribution in [1.82, 2.24) is 9.97 Å². The predicted octanol–water partition coefficient (Wildman–Crippen LogP) is 3.49. The molecular weight excluding hydrogens is 242 g/mol. The highest BCUT2D eigenvalue weighted by molar-refractivity contribution is 7.98. The van der Waals surface area contributed by atoms with Crippen LogP contribution in [-0.4, -0.2) is 9.97 Å². The summed E-state index contributed by atoms with van der Waals surface area (Å²) in [4.78, 5) is 9.35. The Bertz CT molecular complexity index is 439. The fourth-order valence-corrected chi connectivity index (χ4v) is 4.16. The highest BCUT2D eigenvalue weighted by atomic mass is 32.2. The van der Waals surface area contributed by atoms with Gasteiger partial charge in [-0.2, -0.15) is 11.8 Å². The topological polar surface area (TPSA) is 51.8 Å². The van der Waals surface area contributed by atoms with Gasteiger partial charge in [-0.15, -0.1) is 0 Å². The lowest BCUT2D eigenvalue weighted by molar-refractivity contribution is 0.312. The van der Waals surface area contributed by atoms with Crippen molar-refractivity contribution in [3.8, 4) is 0 Å². The molecule has 1 aromatic heterocycles. The van der Waals surface area contributed by atoms with Crippen molar-refractivity contribution >= 4 is 17.6 Å². The van der Waals surface area contributed by atoms with E-state index >= 15 is 0 Å². The van der Waals surface area contributed by atoms with E-state index in [1.165, 1.54) is 43.4 Å². The Hall–Kier alpha value is -0.770. The number of nitrogens with two attached hydrogens (primary N) is 1. The Balaban J connectivity index is 1.79. The standard InChI is InChI=1S/C14H21N3S/c1-2-9-3-5-10(6-4-9)14-16-12-8-18-7-11(12)13(15)17-14/h9-10H,2-8H2,1H3,(H2,15,16,17). The van der Waals surface area contributed by atoms with Crippen LogP contribution in [0.3, 0.4) is 0 Å². The van der Waals surface area contributed by atoms with Gasteiger partial charge >= 0.3 is 0 Å². The van der Waals surface area contributed by atoms with Crippen molar-refractivity contribution in [3.63, 3.8) is 0 Å². The molecule has 0 spiro atoms. The van der Waals surface area contributed by atoms with Crippen LogP contribution in [0.15, 0.2) is 0 Å². The van der Waals surface area contributed by atoms with Crippen molar-refractivity contribution in [2.45, 2.75) is 56.5 Å². The molecule has 0 unspecified atom stereocenters. The summed E-state index contributed by atoms with van der Waals surface area (Å²) in [6, 6.07) is 0. The van der Waals surface area contributed by atoms with Crippen molar-refractivity contribution in [2.24, 2.45) is 5.92 Å². The second-order valence-corrected chi connectivity index (χ2v) is 6.50. The molecule has 18 heavy (non-hydrogen) atoms. The minimum Gasteiger partial charge on any atom is -0.383 e. The largest absolute Gasteiger partial charge is 0.383 e. The quantitative estimate of drug-likeness (QED) is 0.887. The van der Waals surface area contributed by atoms with Gasteiger partial charge in [-0.3, -0.25) is 0 Å². The van der Waals surface area contributed by atoms with Gasteiger partial charge in [-0.05, 0) is 31.6 Å². The minimum atomic E-state index is 0.547. The van der Waals surface area contributed by atoms with Crippen LogP contribution in [0.2, 0.25) is 0 Å². The molecule has 1 fully saturated rings. The van der Waals surface area contributed by atoms with E-state index in [0.717, 1.165) is 29.1 Å². The Morgan fingerprint density at radius 3 is 2.67 bits per heavy atom. The number of nitrogens with zero attached hydrogens (tertiary/aromatic N) is 2. The van der Waals surface area contributed by atoms with E-state index < -0.39 is 0 Å². The molecule has 3 nitrogen and oxygen atoms in total. The average molecular weight is 263 g/mol. The highest BCUT2D eigenvalue weighted by Gasteiger charge is 2.26. The molecule has 1 aliphatic carbocycles. The Morgan fingerprint density at radius 1 is 1.17 bits per heavy atom. The van der Waals surface area contributed by atoms with Crippen molar-refractivity contribution in [1.29, 1.82) is 0 Å². The summed E-state index contributed by atoms with van der Waals surface area (Å²) in [6.07, 6.45) is 6.46. The lowest BCUT2D eigenvalue weighted by atomic mass is 9.80. The molecule has 0 aromatic carbocycles. The third-order valence-electron chi connectivity index (χ3n) is 4.42. The number of rotatable bonds is 2. The zero-order valence-electron chi connectivity index (χ0n) is 11.0. The summed E-state index contributed by atoms with van der Waals surface area (Å²) in [7, 11) is 0. The van der Waals surface area contributed by atoms with Crippen LogP contribution < -0.4 is 5.73 Å². The fraction of sp³-hybridized carbons (Fsp3) is 0.714. The van der Waals surface area contributed by atoms with Gasteiger partial charge < -0.3 is 5.73 Å². The first-order valence-corrected chi connectivity index (χ1v) is 8.16. The first kappa shape index (κ1) is 12.3. The summed E-state index contributed by atoms with van der Waals surface area (Å²) in [5.74, 6) is 5.22. The van der Waals surface area contributed by atoms with Crippen molar-refractivity contribution < 1.29 is 0 Å². The van der Waals surface area contributed by atoms with E-state index in [1.807, 2.05) is 11.8 Å². The molecule has 4 heteroatoms. The second-order valence-electron chi connectivity index (χ2n) is 5.51. The van der Waals surface area contributed by atoms with Crippen molar-refractivity contribution in [2.75, 3.05) is 5.73 Å². The van der Waals surface area contributed by atoms with E-state index in [2.05, 4.69) is 11.9 Å². The maximum absolute atomic E-state index is 6.07. The first-order valence-electron chi connectivity index (χ1n) is 7.00. The molecule has 2 heterocycles. The number of thioether (sulfide) groups is 1. The third-order valence-corrected chi connectivity index (χ3v) is 5.39. The summed E-state index contributed by atoms with van der Waals surface area (Å²) < 4.78 is 0. The maximum Gasteiger partial charge on any atom is 0.134 e. The molecule has 1 saturated carbocycles. The van der Waals surface area contributed by atoms with Crippen LogP contribution in [-0.2, 0) is 11.5 Å². The lowest BCUT2D eigenvalue weighted by Crippen LogP contribution is -2.16. The van der Waals surface area contributed by atoms with Gasteiger partial charge in [0.2, 0.25) is 0 Å². The predicted molar refractivity (Wildman–Crippen MR) is 76.4 cm³/mol. The Morgan fingerprint density at radius 2 is 1.94 bits per heavy atom. The molecule has 98 valence electrons. The number of nitrogen functional groups attached to an aromatic ring is 1. The van der Waals surface area contributed by atoms with Crippen LogP contribution in [0.25, 0.3) is 0 Å². The fourth-order valence-electron chi connectivity index (χ4n) is 3.11. The molecule has 0 saturated heterocycles. The number of anilines is 1. The smallest absolute Gasteiger partial charge is 0.134 e. The van der Waals surface area contributed by atoms with Gasteiger partial charge in [-0.1, -0.05) is 13.3 Å². The number of hydrogen-bond donors (Lipinski definition) is 1. The van der Waals surface area contributed by atoms with Crippen molar-refractivity contribution in [3.05, 3.63) is 17.1 Å². The first-order chi connectivity index (χ1) is 8.78. The van der Waals surface area contributed by atoms with Gasteiger partial charge in [0, 0.05) is 23.0 Å². The van der Waals surface area contributed by atoms with Gasteiger partial charge in [0.1, 0.15) is 11.6 Å². The molecule has 0 atom stereocenters. The molecule has 3 rings (SSSR count). The number of fused-ring (bicyclic) bond motifs is 1. The zero-order valence-corrected chi connectivity index (χ0v) is 11.8. The third kappa shape index (κ3) is 2.22. The monoisotopic (exact) mass is 263 g/mol. The van der Waals surface area contributed by atoms with E-state index in [1.54, 1.807) is 0 Å². The van der Waals surface area contributed by atoms with Crippen LogP contribution in [0, 0.1) is 5.92 Å². The van der Waals surface area contributed by atoms with E-state index in [4.69, 9.17) is 10.7 Å². The molecule has 1 aromatic rings. The van der Waals surface area contributed by atoms with Gasteiger partial charge in [0.25, 0.3) is 0 Å². The molecule has 0 bridgehead atoms. The van der Waals surface area contributed by atoms with E-state index in [0.29, 0.717) is 5.92 Å². The van der Waals surface area contributed by atoms with Gasteiger partial charge in [0.05, 0.1) is 5.69 Å². The second kappa shape index (κ2) is 5.08. The molecule has 2 N–H and O–H groups in total. The molecule has 0 radical (unpaired) electrons. The summed E-state index contributed by atoms with van der Waals surface area (Å²) in [5, 5.41) is 0. The summed E-state index contributed by atoms with van der Waals surface area (Å²) >= 11 is 1.89. The highest BCUT2D eigenvalue weighted by Crippen LogP contribution is 2.38. The van der Waals surface area contributed by atoms with Crippen LogP contribution in [0.4, 0.5) is 5.82 Å². The molecular formula is C14H21N3S. The SMILES string of the molecule is CCC1CCC(c2nc(N)c3c(n2)CSC3)CC1. The normalized spacial score (nSPS) is 27.2. The summed E-state index contributed by atoms with van der Waals surface area (Å²) in [5.41, 5.74) is 8.45. The molecule has 1 aliphatic heterocycles. The van der Waals surface area contributed by atoms with Gasteiger partial charge in [0.15, 0.2) is 0 Å². The van der Waals surface area contributed by atoms with Crippen LogP contribution >= 0.6 is 11.8 Å². The van der Waals surface area contributed by atoms with E-state index in [-0.39, 0.29) is 0 Å². The van der Waals surface area contributed by atoms with Crippen LogP contribution in [0.5, 0.6) is 0 Å². The van der Waals surface area contributed by atoms with Crippen LogP contribution in [0.1, 0.15) is 62.0 Å². The molecule has 0 amide bonds. The van der Waals surface area contributed by atoms with Gasteiger partial charge in [-0.25, -0.2) is 9.97 Å². The van der Waals surface area contributed by atoms with E-state index in [9.17, 15) is 0 Å². The summed E-state index contributed by atoms with van der Waals surface area (Å²) in [6.45, 7) is 2.30. The zero-order chi connectivity index (χ0) is 12.5. The lowest BCUT2D eigenvalue weighted by Gasteiger charge is -2.27. The Kier molecular flexibility index (Phi) is 3.46. The number of aromatic nitrogens is 2. The number of hydrogen-bond acceptors (Lipinski definition) is 4.